The molecule has 1 atom stereocenters. The van der Waals surface area contributed by atoms with Crippen molar-refractivity contribution in [3.05, 3.63) is 120 Å². The predicted octanol–water partition coefficient (Wildman–Crippen LogP) is 8.23. The fourth-order valence-electron chi connectivity index (χ4n) is 6.25. The van der Waals surface area contributed by atoms with Gasteiger partial charge in [0.15, 0.2) is 5.75 Å². The number of para-hydroxylation sites is 3. The molecule has 6 rings (SSSR count). The van der Waals surface area contributed by atoms with Gasteiger partial charge in [-0.3, -0.25) is 9.69 Å². The molecule has 1 fully saturated rings. The largest absolute Gasteiger partial charge is 0.495 e. The first-order valence-corrected chi connectivity index (χ1v) is 16.2. The second-order valence-corrected chi connectivity index (χ2v) is 11.6. The van der Waals surface area contributed by atoms with E-state index in [-0.39, 0.29) is 36.8 Å². The van der Waals surface area contributed by atoms with Crippen LogP contribution < -0.4 is 19.7 Å². The molecule has 9 heteroatoms. The SMILES string of the molecule is CCC(NC(=O)c1c(OCCCN2CCN(c3ccccc3OC)CC2)c(-c2ccccc2)nc2ccccc12)c1ccccc1.Cl.Cl. The lowest BCUT2D eigenvalue weighted by Gasteiger charge is -2.36. The number of piperazine rings is 1. The summed E-state index contributed by atoms with van der Waals surface area (Å²) in [5.74, 6) is 1.29. The van der Waals surface area contributed by atoms with Crippen molar-refractivity contribution in [2.75, 3.05) is 51.3 Å². The molecule has 1 saturated heterocycles. The molecule has 0 spiro atoms. The zero-order chi connectivity index (χ0) is 31.7. The number of carbonyl (C=O) groups is 1. The summed E-state index contributed by atoms with van der Waals surface area (Å²) in [7, 11) is 1.73. The molecule has 0 aliphatic carbocycles. The minimum atomic E-state index is -0.158. The van der Waals surface area contributed by atoms with Crippen LogP contribution in [0.25, 0.3) is 22.2 Å². The van der Waals surface area contributed by atoms with Crippen LogP contribution in [0.5, 0.6) is 11.5 Å². The van der Waals surface area contributed by atoms with E-state index >= 15 is 0 Å². The van der Waals surface area contributed by atoms with Crippen LogP contribution in [0.4, 0.5) is 5.69 Å². The molecule has 0 bridgehead atoms. The van der Waals surface area contributed by atoms with Crippen LogP contribution in [0, 0.1) is 0 Å². The van der Waals surface area contributed by atoms with Gasteiger partial charge in [0.25, 0.3) is 5.91 Å². The van der Waals surface area contributed by atoms with E-state index in [2.05, 4.69) is 46.3 Å². The molecule has 1 unspecified atom stereocenters. The molecule has 0 radical (unpaired) electrons. The Labute approximate surface area is 296 Å². The Bertz CT molecular complexity index is 1750. The Balaban J connectivity index is 0.00000260. The average Bonchev–Trinajstić information content (AvgIpc) is 3.12. The molecule has 4 aromatic carbocycles. The van der Waals surface area contributed by atoms with Gasteiger partial charge < -0.3 is 19.7 Å². The lowest BCUT2D eigenvalue weighted by atomic mass is 10.00. The van der Waals surface area contributed by atoms with Crippen LogP contribution in [0.3, 0.4) is 0 Å². The summed E-state index contributed by atoms with van der Waals surface area (Å²) in [6, 6.07) is 36.0. The van der Waals surface area contributed by atoms with E-state index in [1.54, 1.807) is 7.11 Å². The first-order valence-electron chi connectivity index (χ1n) is 16.2. The number of aromatic nitrogens is 1. The van der Waals surface area contributed by atoms with Crippen molar-refractivity contribution in [1.29, 1.82) is 0 Å². The minimum absolute atomic E-state index is 0. The van der Waals surface area contributed by atoms with Crippen molar-refractivity contribution in [2.45, 2.75) is 25.8 Å². The molecule has 0 saturated carbocycles. The summed E-state index contributed by atoms with van der Waals surface area (Å²) < 4.78 is 12.2. The number of carbonyl (C=O) groups excluding carboxylic acids is 1. The lowest BCUT2D eigenvalue weighted by Crippen LogP contribution is -2.46. The fraction of sp³-hybridized carbons (Fsp3) is 0.282. The van der Waals surface area contributed by atoms with Gasteiger partial charge in [0.1, 0.15) is 11.4 Å². The van der Waals surface area contributed by atoms with Gasteiger partial charge in [0.2, 0.25) is 0 Å². The van der Waals surface area contributed by atoms with Crippen LogP contribution >= 0.6 is 24.8 Å². The molecule has 1 aliphatic rings. The Morgan fingerprint density at radius 2 is 1.48 bits per heavy atom. The van der Waals surface area contributed by atoms with E-state index in [0.717, 1.165) is 79.0 Å². The van der Waals surface area contributed by atoms with E-state index in [9.17, 15) is 4.79 Å². The van der Waals surface area contributed by atoms with Crippen molar-refractivity contribution in [2.24, 2.45) is 0 Å². The maximum absolute atomic E-state index is 14.2. The van der Waals surface area contributed by atoms with Crippen LogP contribution in [-0.2, 0) is 0 Å². The number of benzene rings is 4. The fourth-order valence-corrected chi connectivity index (χ4v) is 6.25. The van der Waals surface area contributed by atoms with Crippen LogP contribution in [0.2, 0.25) is 0 Å². The van der Waals surface area contributed by atoms with Gasteiger partial charge in [0, 0.05) is 43.7 Å². The minimum Gasteiger partial charge on any atom is -0.495 e. The number of amides is 1. The molecule has 1 aromatic heterocycles. The quantitative estimate of drug-likeness (QED) is 0.133. The molecule has 1 aliphatic heterocycles. The van der Waals surface area contributed by atoms with Gasteiger partial charge in [-0.1, -0.05) is 97.9 Å². The third kappa shape index (κ3) is 8.40. The van der Waals surface area contributed by atoms with E-state index in [1.165, 1.54) is 0 Å². The number of ether oxygens (including phenoxy) is 2. The number of nitrogens with one attached hydrogen (secondary N) is 1. The van der Waals surface area contributed by atoms with Crippen LogP contribution in [0.15, 0.2) is 109 Å². The van der Waals surface area contributed by atoms with Crippen molar-refractivity contribution < 1.29 is 14.3 Å². The number of hydrogen-bond acceptors (Lipinski definition) is 6. The molecule has 252 valence electrons. The number of hydrogen-bond donors (Lipinski definition) is 1. The highest BCUT2D eigenvalue weighted by Gasteiger charge is 2.25. The molecular weight excluding hydrogens is 643 g/mol. The van der Waals surface area contributed by atoms with Gasteiger partial charge in [0.05, 0.1) is 36.5 Å². The van der Waals surface area contributed by atoms with Gasteiger partial charge in [-0.2, -0.15) is 0 Å². The molecular formula is C39H44Cl2N4O3. The summed E-state index contributed by atoms with van der Waals surface area (Å²) >= 11 is 0. The molecule has 1 amide bonds. The molecule has 7 nitrogen and oxygen atoms in total. The van der Waals surface area contributed by atoms with Gasteiger partial charge in [-0.15, -0.1) is 24.8 Å². The van der Waals surface area contributed by atoms with E-state index in [1.807, 2.05) is 84.9 Å². The Kier molecular flexibility index (Phi) is 13.5. The lowest BCUT2D eigenvalue weighted by molar-refractivity contribution is 0.0933. The highest BCUT2D eigenvalue weighted by molar-refractivity contribution is 6.10. The summed E-state index contributed by atoms with van der Waals surface area (Å²) in [6.45, 7) is 7.30. The first-order chi connectivity index (χ1) is 22.7. The number of fused-ring (bicyclic) bond motifs is 1. The zero-order valence-electron chi connectivity index (χ0n) is 27.5. The number of halogens is 2. The number of methoxy groups -OCH3 is 1. The van der Waals surface area contributed by atoms with Crippen molar-refractivity contribution >= 4 is 47.3 Å². The smallest absolute Gasteiger partial charge is 0.256 e. The van der Waals surface area contributed by atoms with Crippen LogP contribution in [-0.4, -0.2) is 62.2 Å². The average molecular weight is 688 g/mol. The first kappa shape index (κ1) is 36.5. The molecule has 48 heavy (non-hydrogen) atoms. The van der Waals surface area contributed by atoms with Crippen molar-refractivity contribution in [1.82, 2.24) is 15.2 Å². The van der Waals surface area contributed by atoms with Crippen molar-refractivity contribution in [3.63, 3.8) is 0 Å². The summed E-state index contributed by atoms with van der Waals surface area (Å²) in [6.07, 6.45) is 1.60. The number of anilines is 1. The van der Waals surface area contributed by atoms with Gasteiger partial charge in [-0.25, -0.2) is 4.98 Å². The highest BCUT2D eigenvalue weighted by Crippen LogP contribution is 2.37. The third-order valence-corrected chi connectivity index (χ3v) is 8.70. The summed E-state index contributed by atoms with van der Waals surface area (Å²) in [4.78, 5) is 24.1. The number of nitrogens with zero attached hydrogens (tertiary/aromatic N) is 3. The molecule has 1 N–H and O–H groups in total. The molecule has 2 heterocycles. The van der Waals surface area contributed by atoms with E-state index in [0.29, 0.717) is 23.6 Å². The highest BCUT2D eigenvalue weighted by atomic mass is 35.5. The third-order valence-electron chi connectivity index (χ3n) is 8.70. The standard InChI is InChI=1S/C39H42N4O3.2ClH/c1-3-32(29-15-6-4-7-16-29)41-39(44)36-31-19-10-11-20-33(31)40-37(30-17-8-5-9-18-30)38(36)46-28-14-23-42-24-26-43(27-25-42)34-21-12-13-22-35(34)45-2;;/h4-13,15-22,32H,3,14,23-28H2,1-2H3,(H,41,44);2*1H. The normalized spacial score (nSPS) is 13.6. The number of rotatable bonds is 12. The van der Waals surface area contributed by atoms with E-state index in [4.69, 9.17) is 14.5 Å². The summed E-state index contributed by atoms with van der Waals surface area (Å²) in [5.41, 5.74) is 5.12. The Morgan fingerprint density at radius 1 is 0.833 bits per heavy atom. The maximum atomic E-state index is 14.2. The number of pyridine rings is 1. The second-order valence-electron chi connectivity index (χ2n) is 11.6. The molecule has 5 aromatic rings. The predicted molar refractivity (Wildman–Crippen MR) is 200 cm³/mol. The van der Waals surface area contributed by atoms with Gasteiger partial charge in [-0.05, 0) is 36.6 Å². The Hall–Kier alpha value is -4.30. The van der Waals surface area contributed by atoms with Gasteiger partial charge >= 0.3 is 0 Å². The van der Waals surface area contributed by atoms with Crippen LogP contribution in [0.1, 0.15) is 41.7 Å². The van der Waals surface area contributed by atoms with Crippen molar-refractivity contribution in [3.8, 4) is 22.8 Å². The van der Waals surface area contributed by atoms with E-state index < -0.39 is 0 Å². The summed E-state index contributed by atoms with van der Waals surface area (Å²) in [5, 5.41) is 4.09. The zero-order valence-corrected chi connectivity index (χ0v) is 29.1. The Morgan fingerprint density at radius 3 is 2.19 bits per heavy atom. The second kappa shape index (κ2) is 17.7. The monoisotopic (exact) mass is 686 g/mol. The maximum Gasteiger partial charge on any atom is 0.256 e. The topological polar surface area (TPSA) is 66.9 Å².